The monoisotopic (exact) mass is 870 g/mol. The second-order valence-corrected chi connectivity index (χ2v) is 19.6. The van der Waals surface area contributed by atoms with Gasteiger partial charge in [-0.1, -0.05) is 194 Å². The molecule has 0 aliphatic heterocycles. The summed E-state index contributed by atoms with van der Waals surface area (Å²) in [5, 5.41) is 15.4. The molecule has 0 saturated carbocycles. The van der Waals surface area contributed by atoms with Crippen molar-refractivity contribution in [3.8, 4) is 55.6 Å². The molecule has 12 aromatic carbocycles. The minimum atomic E-state index is 1.24. The molecule has 306 valence electrons. The molecule has 2 heterocycles. The predicted molar refractivity (Wildman–Crippen MR) is 289 cm³/mol. The van der Waals surface area contributed by atoms with Gasteiger partial charge in [0.1, 0.15) is 0 Å². The highest BCUT2D eigenvalue weighted by atomic mass is 32.1. The van der Waals surface area contributed by atoms with E-state index in [0.717, 1.165) is 0 Å². The first-order valence-electron chi connectivity index (χ1n) is 22.7. The van der Waals surface area contributed by atoms with Crippen LogP contribution in [0.2, 0.25) is 0 Å². The van der Waals surface area contributed by atoms with Gasteiger partial charge >= 0.3 is 0 Å². The maximum absolute atomic E-state index is 2.46. The standard InChI is InChI=1S/C64H38S2/c1-3-16-39(17-4-1)41-31-34-56-54(36-41)55-37-42(32-35-57(55)65-56)61-44-20-7-9-22-46(44)62(47-23-10-8-21-45(47)61)43-30-33-52-59(38-43)66-58-29-15-28-53(64(52)58)63-50-26-13-11-24-48(50)60(40-18-5-2-6-19-40)49-25-12-14-27-51(49)63/h1-38H. The molecule has 0 bridgehead atoms. The van der Waals surface area contributed by atoms with Gasteiger partial charge in [0.25, 0.3) is 0 Å². The van der Waals surface area contributed by atoms with Gasteiger partial charge in [-0.3, -0.25) is 0 Å². The first-order chi connectivity index (χ1) is 32.7. The van der Waals surface area contributed by atoms with E-state index in [1.165, 1.54) is 139 Å². The fourth-order valence-electron chi connectivity index (χ4n) is 11.0. The van der Waals surface area contributed by atoms with Crippen LogP contribution in [-0.2, 0) is 0 Å². The van der Waals surface area contributed by atoms with Gasteiger partial charge in [-0.25, -0.2) is 0 Å². The Morgan fingerprint density at radius 2 is 0.606 bits per heavy atom. The molecule has 0 radical (unpaired) electrons. The second kappa shape index (κ2) is 14.8. The zero-order valence-corrected chi connectivity index (χ0v) is 37.4. The number of benzene rings is 12. The van der Waals surface area contributed by atoms with E-state index in [0.29, 0.717) is 0 Å². The van der Waals surface area contributed by atoms with Gasteiger partial charge in [-0.2, -0.15) is 0 Å². The first-order valence-corrected chi connectivity index (χ1v) is 24.3. The molecule has 0 spiro atoms. The van der Waals surface area contributed by atoms with Crippen LogP contribution < -0.4 is 0 Å². The van der Waals surface area contributed by atoms with Crippen LogP contribution >= 0.6 is 22.7 Å². The molecule has 0 atom stereocenters. The third-order valence-electron chi connectivity index (χ3n) is 13.8. The largest absolute Gasteiger partial charge is 0.135 e. The van der Waals surface area contributed by atoms with Gasteiger partial charge in [0, 0.05) is 40.3 Å². The van der Waals surface area contributed by atoms with Gasteiger partial charge < -0.3 is 0 Å². The lowest BCUT2D eigenvalue weighted by Crippen LogP contribution is -1.91. The van der Waals surface area contributed by atoms with Crippen molar-refractivity contribution in [3.05, 3.63) is 231 Å². The number of hydrogen-bond acceptors (Lipinski definition) is 2. The third kappa shape index (κ3) is 5.69. The van der Waals surface area contributed by atoms with Gasteiger partial charge in [0.15, 0.2) is 0 Å². The molecule has 14 rings (SSSR count). The molecular formula is C64H38S2. The highest BCUT2D eigenvalue weighted by molar-refractivity contribution is 7.26. The summed E-state index contributed by atoms with van der Waals surface area (Å²) >= 11 is 3.78. The highest BCUT2D eigenvalue weighted by Gasteiger charge is 2.22. The topological polar surface area (TPSA) is 0 Å². The van der Waals surface area contributed by atoms with Crippen LogP contribution in [0, 0.1) is 0 Å². The van der Waals surface area contributed by atoms with Gasteiger partial charge in [0.05, 0.1) is 0 Å². The Bertz CT molecular complexity index is 4150. The second-order valence-electron chi connectivity index (χ2n) is 17.4. The Kier molecular flexibility index (Phi) is 8.43. The van der Waals surface area contributed by atoms with E-state index in [1.54, 1.807) is 0 Å². The normalized spacial score (nSPS) is 11.9. The maximum Gasteiger partial charge on any atom is 0.0361 e. The summed E-state index contributed by atoms with van der Waals surface area (Å²) in [6.07, 6.45) is 0. The van der Waals surface area contributed by atoms with Crippen molar-refractivity contribution in [2.75, 3.05) is 0 Å². The zero-order valence-electron chi connectivity index (χ0n) is 35.8. The van der Waals surface area contributed by atoms with Crippen molar-refractivity contribution in [2.45, 2.75) is 0 Å². The molecule has 0 N–H and O–H groups in total. The Balaban J connectivity index is 0.965. The summed E-state index contributed by atoms with van der Waals surface area (Å²) in [4.78, 5) is 0. The molecule has 66 heavy (non-hydrogen) atoms. The lowest BCUT2D eigenvalue weighted by molar-refractivity contribution is 1.66. The molecule has 0 aliphatic carbocycles. The van der Waals surface area contributed by atoms with Crippen molar-refractivity contribution in [1.29, 1.82) is 0 Å². The SMILES string of the molecule is c1ccc(-c2ccc3sc4ccc(-c5c6ccccc6c(-c6ccc7c(c6)sc6cccc(-c8c9ccccc9c(-c9ccccc9)c9ccccc89)c67)c6ccccc56)cc4c3c2)cc1. The number of rotatable bonds is 5. The zero-order chi connectivity index (χ0) is 43.3. The number of fused-ring (bicyclic) bond motifs is 10. The van der Waals surface area contributed by atoms with Gasteiger partial charge in [-0.15, -0.1) is 22.7 Å². The van der Waals surface area contributed by atoms with E-state index in [-0.39, 0.29) is 0 Å². The van der Waals surface area contributed by atoms with Crippen molar-refractivity contribution in [1.82, 2.24) is 0 Å². The van der Waals surface area contributed by atoms with E-state index >= 15 is 0 Å². The summed E-state index contributed by atoms with van der Waals surface area (Å²) in [5.41, 5.74) is 12.7. The minimum Gasteiger partial charge on any atom is -0.135 e. The minimum absolute atomic E-state index is 1.24. The molecule has 0 aliphatic rings. The Morgan fingerprint density at radius 3 is 1.15 bits per heavy atom. The summed E-state index contributed by atoms with van der Waals surface area (Å²) in [6, 6.07) is 85.9. The molecule has 0 unspecified atom stereocenters. The van der Waals surface area contributed by atoms with Crippen molar-refractivity contribution < 1.29 is 0 Å². The Morgan fingerprint density at radius 1 is 0.197 bits per heavy atom. The van der Waals surface area contributed by atoms with Crippen molar-refractivity contribution >= 4 is 106 Å². The quantitative estimate of drug-likeness (QED) is 0.151. The van der Waals surface area contributed by atoms with E-state index < -0.39 is 0 Å². The predicted octanol–water partition coefficient (Wildman–Crippen LogP) is 19.4. The fraction of sp³-hybridized carbons (Fsp3) is 0. The van der Waals surface area contributed by atoms with E-state index in [9.17, 15) is 0 Å². The summed E-state index contributed by atoms with van der Waals surface area (Å²) in [6.45, 7) is 0. The fourth-order valence-corrected chi connectivity index (χ4v) is 13.3. The van der Waals surface area contributed by atoms with E-state index in [4.69, 9.17) is 0 Å². The lowest BCUT2D eigenvalue weighted by Gasteiger charge is -2.18. The van der Waals surface area contributed by atoms with Crippen LogP contribution in [0.1, 0.15) is 0 Å². The molecule has 0 nitrogen and oxygen atoms in total. The van der Waals surface area contributed by atoms with Gasteiger partial charge in [0.2, 0.25) is 0 Å². The summed E-state index contributed by atoms with van der Waals surface area (Å²) < 4.78 is 5.23. The average molecular weight is 871 g/mol. The lowest BCUT2D eigenvalue weighted by atomic mass is 9.84. The van der Waals surface area contributed by atoms with Crippen LogP contribution in [-0.4, -0.2) is 0 Å². The van der Waals surface area contributed by atoms with Gasteiger partial charge in [-0.05, 0) is 135 Å². The number of hydrogen-bond donors (Lipinski definition) is 0. The van der Waals surface area contributed by atoms with E-state index in [1.807, 2.05) is 22.7 Å². The maximum atomic E-state index is 2.46. The Labute approximate surface area is 389 Å². The Hall–Kier alpha value is -7.88. The average Bonchev–Trinajstić information content (AvgIpc) is 3.95. The first kappa shape index (κ1) is 37.5. The molecule has 0 saturated heterocycles. The summed E-state index contributed by atoms with van der Waals surface area (Å²) in [7, 11) is 0. The van der Waals surface area contributed by atoms with Crippen molar-refractivity contribution in [3.63, 3.8) is 0 Å². The van der Waals surface area contributed by atoms with Crippen LogP contribution in [0.4, 0.5) is 0 Å². The van der Waals surface area contributed by atoms with Crippen LogP contribution in [0.3, 0.4) is 0 Å². The van der Waals surface area contributed by atoms with Crippen LogP contribution in [0.5, 0.6) is 0 Å². The van der Waals surface area contributed by atoms with Crippen molar-refractivity contribution in [2.24, 2.45) is 0 Å². The molecule has 0 amide bonds. The smallest absolute Gasteiger partial charge is 0.0361 e. The summed E-state index contributed by atoms with van der Waals surface area (Å²) in [5.74, 6) is 0. The number of thiophene rings is 2. The molecule has 2 heteroatoms. The van der Waals surface area contributed by atoms with Crippen LogP contribution in [0.15, 0.2) is 231 Å². The third-order valence-corrected chi connectivity index (χ3v) is 16.1. The van der Waals surface area contributed by atoms with Crippen LogP contribution in [0.25, 0.3) is 139 Å². The molecular weight excluding hydrogens is 833 g/mol. The molecule has 2 aromatic heterocycles. The molecule has 0 fully saturated rings. The highest BCUT2D eigenvalue weighted by Crippen LogP contribution is 2.50. The van der Waals surface area contributed by atoms with E-state index in [2.05, 4.69) is 231 Å². The molecule has 14 aromatic rings.